The van der Waals surface area contributed by atoms with Crippen LogP contribution in [-0.4, -0.2) is 22.6 Å². The molecule has 106 valence electrons. The predicted molar refractivity (Wildman–Crippen MR) is 79.7 cm³/mol. The van der Waals surface area contributed by atoms with E-state index in [1.165, 1.54) is 5.56 Å². The van der Waals surface area contributed by atoms with Crippen LogP contribution in [-0.2, 0) is 9.84 Å². The van der Waals surface area contributed by atoms with Gasteiger partial charge in [0.2, 0.25) is 6.79 Å². The molecule has 0 amide bonds. The van der Waals surface area contributed by atoms with Crippen molar-refractivity contribution in [2.45, 2.75) is 39.3 Å². The van der Waals surface area contributed by atoms with Crippen molar-refractivity contribution in [3.8, 4) is 11.5 Å². The van der Waals surface area contributed by atoms with Crippen molar-refractivity contribution in [2.75, 3.05) is 18.8 Å². The Labute approximate surface area is 116 Å². The number of fused-ring (bicyclic) bond motifs is 1. The highest BCUT2D eigenvalue weighted by atomic mass is 28.3. The number of ether oxygens (including phenoxy) is 2. The molecular formula is C14H23NO3Si. The van der Waals surface area contributed by atoms with Gasteiger partial charge < -0.3 is 19.2 Å². The van der Waals surface area contributed by atoms with Crippen LogP contribution in [0.25, 0.3) is 0 Å². The molecule has 0 atom stereocenters. The molecule has 1 heterocycles. The largest absolute Gasteiger partial charge is 0.453 e. The van der Waals surface area contributed by atoms with Gasteiger partial charge in [-0.2, -0.15) is 0 Å². The molecule has 4 nitrogen and oxygen atoms in total. The number of benzene rings is 1. The Morgan fingerprint density at radius 2 is 1.89 bits per heavy atom. The Kier molecular flexibility index (Phi) is 4.06. The van der Waals surface area contributed by atoms with E-state index in [2.05, 4.69) is 45.2 Å². The summed E-state index contributed by atoms with van der Waals surface area (Å²) in [7, 11) is -1.00. The zero-order valence-corrected chi connectivity index (χ0v) is 13.5. The molecule has 1 aliphatic heterocycles. The lowest BCUT2D eigenvalue weighted by Crippen LogP contribution is -2.15. The average molecular weight is 281 g/mol. The predicted octanol–water partition coefficient (Wildman–Crippen LogP) is 3.08. The maximum absolute atomic E-state index is 5.63. The van der Waals surface area contributed by atoms with Gasteiger partial charge in [0.15, 0.2) is 20.5 Å². The molecular weight excluding hydrogens is 258 g/mol. The van der Waals surface area contributed by atoms with Crippen LogP contribution in [0.4, 0.5) is 5.69 Å². The van der Waals surface area contributed by atoms with Crippen LogP contribution in [0.15, 0.2) is 12.1 Å². The molecule has 0 radical (unpaired) electrons. The zero-order valence-electron chi connectivity index (χ0n) is 12.4. The minimum absolute atomic E-state index is 0.0393. The molecule has 2 rings (SSSR count). The minimum atomic E-state index is -1.00. The Bertz CT molecular complexity index is 455. The summed E-state index contributed by atoms with van der Waals surface area (Å²) < 4.78 is 16.9. The molecule has 0 aliphatic carbocycles. The van der Waals surface area contributed by atoms with Crippen LogP contribution in [0.1, 0.15) is 26.3 Å². The highest BCUT2D eigenvalue weighted by molar-refractivity contribution is 6.48. The number of rotatable bonds is 4. The molecule has 0 saturated heterocycles. The maximum atomic E-state index is 5.63. The van der Waals surface area contributed by atoms with Crippen LogP contribution in [0.3, 0.4) is 0 Å². The smallest absolute Gasteiger partial charge is 0.231 e. The number of hydrogen-bond acceptors (Lipinski definition) is 4. The third-order valence-electron chi connectivity index (χ3n) is 3.01. The van der Waals surface area contributed by atoms with E-state index in [0.717, 1.165) is 17.2 Å². The Balaban J connectivity index is 2.21. The Morgan fingerprint density at radius 3 is 2.53 bits per heavy atom. The van der Waals surface area contributed by atoms with Gasteiger partial charge >= 0.3 is 0 Å². The van der Waals surface area contributed by atoms with Gasteiger partial charge in [-0.1, -0.05) is 26.8 Å². The molecule has 1 aromatic carbocycles. The highest BCUT2D eigenvalue weighted by Crippen LogP contribution is 2.45. The quantitative estimate of drug-likeness (QED) is 0.680. The number of hydrogen-bond donors (Lipinski definition) is 1. The summed E-state index contributed by atoms with van der Waals surface area (Å²) in [4.78, 5) is 0. The van der Waals surface area contributed by atoms with Gasteiger partial charge in [-0.25, -0.2) is 0 Å². The van der Waals surface area contributed by atoms with Gasteiger partial charge in [0.05, 0.1) is 5.69 Å². The SMILES string of the molecule is C[SiH](C)OCNc1ccc(C(C)(C)C)c2c1OCO2. The monoisotopic (exact) mass is 281 g/mol. The number of anilines is 1. The molecule has 1 aromatic rings. The fourth-order valence-electron chi connectivity index (χ4n) is 2.01. The molecule has 0 fully saturated rings. The molecule has 1 N–H and O–H groups in total. The van der Waals surface area contributed by atoms with Gasteiger partial charge in [0.25, 0.3) is 0 Å². The molecule has 1 aliphatic rings. The normalized spacial score (nSPS) is 14.0. The third kappa shape index (κ3) is 3.22. The van der Waals surface area contributed by atoms with E-state index in [9.17, 15) is 0 Å². The lowest BCUT2D eigenvalue weighted by Gasteiger charge is -2.22. The first-order valence-corrected chi connectivity index (χ1v) is 9.46. The lowest BCUT2D eigenvalue weighted by molar-refractivity contribution is 0.172. The van der Waals surface area contributed by atoms with Crippen LogP contribution < -0.4 is 14.8 Å². The molecule has 5 heteroatoms. The van der Waals surface area contributed by atoms with Crippen LogP contribution >= 0.6 is 0 Å². The van der Waals surface area contributed by atoms with Crippen molar-refractivity contribution in [1.29, 1.82) is 0 Å². The minimum Gasteiger partial charge on any atom is -0.453 e. The standard InChI is InChI=1S/C14H23NO3Si/c1-14(2,3)10-6-7-11(15-8-18-19(4)5)13-12(10)16-9-17-13/h6-7,15,19H,8-9H2,1-5H3. The van der Waals surface area contributed by atoms with Crippen molar-refractivity contribution in [3.05, 3.63) is 17.7 Å². The molecule has 0 aromatic heterocycles. The fourth-order valence-corrected chi connectivity index (χ4v) is 2.43. The van der Waals surface area contributed by atoms with Crippen molar-refractivity contribution in [1.82, 2.24) is 0 Å². The number of nitrogens with one attached hydrogen (secondary N) is 1. The van der Waals surface area contributed by atoms with Gasteiger partial charge in [-0.05, 0) is 24.6 Å². The average Bonchev–Trinajstić information content (AvgIpc) is 2.75. The van der Waals surface area contributed by atoms with Crippen LogP contribution in [0.5, 0.6) is 11.5 Å². The van der Waals surface area contributed by atoms with Crippen molar-refractivity contribution in [3.63, 3.8) is 0 Å². The zero-order chi connectivity index (χ0) is 14.0. The molecule has 19 heavy (non-hydrogen) atoms. The Morgan fingerprint density at radius 1 is 1.21 bits per heavy atom. The summed E-state index contributed by atoms with van der Waals surface area (Å²) >= 11 is 0. The Hall–Kier alpha value is -1.20. The third-order valence-corrected chi connectivity index (χ3v) is 3.84. The second kappa shape index (κ2) is 5.42. The summed E-state index contributed by atoms with van der Waals surface area (Å²) in [5.41, 5.74) is 2.15. The first-order chi connectivity index (χ1) is 8.89. The van der Waals surface area contributed by atoms with E-state index in [1.807, 2.05) is 6.07 Å². The van der Waals surface area contributed by atoms with Crippen molar-refractivity contribution >= 4 is 14.7 Å². The van der Waals surface area contributed by atoms with E-state index in [1.54, 1.807) is 0 Å². The van der Waals surface area contributed by atoms with Crippen LogP contribution in [0.2, 0.25) is 13.1 Å². The molecule has 0 unspecified atom stereocenters. The van der Waals surface area contributed by atoms with Gasteiger partial charge in [-0.15, -0.1) is 0 Å². The van der Waals surface area contributed by atoms with Crippen molar-refractivity contribution < 1.29 is 13.9 Å². The van der Waals surface area contributed by atoms with E-state index < -0.39 is 9.04 Å². The summed E-state index contributed by atoms with van der Waals surface area (Å²) in [6.07, 6.45) is 0. The lowest BCUT2D eigenvalue weighted by atomic mass is 9.86. The van der Waals surface area contributed by atoms with E-state index >= 15 is 0 Å². The molecule has 0 spiro atoms. The summed E-state index contributed by atoms with van der Waals surface area (Å²) in [6.45, 7) is 11.6. The van der Waals surface area contributed by atoms with Gasteiger partial charge in [0, 0.05) is 5.56 Å². The first-order valence-electron chi connectivity index (χ1n) is 6.68. The van der Waals surface area contributed by atoms with Crippen LogP contribution in [0, 0.1) is 0 Å². The summed E-state index contributed by atoms with van der Waals surface area (Å²) in [5.74, 6) is 1.67. The van der Waals surface area contributed by atoms with E-state index in [-0.39, 0.29) is 12.2 Å². The highest BCUT2D eigenvalue weighted by Gasteiger charge is 2.27. The maximum Gasteiger partial charge on any atom is 0.231 e. The van der Waals surface area contributed by atoms with Gasteiger partial charge in [0.1, 0.15) is 6.73 Å². The molecule has 0 saturated carbocycles. The van der Waals surface area contributed by atoms with E-state index in [0.29, 0.717) is 6.73 Å². The molecule has 0 bridgehead atoms. The van der Waals surface area contributed by atoms with Crippen molar-refractivity contribution in [2.24, 2.45) is 0 Å². The second-order valence-corrected chi connectivity index (χ2v) is 8.44. The fraction of sp³-hybridized carbons (Fsp3) is 0.571. The van der Waals surface area contributed by atoms with E-state index in [4.69, 9.17) is 13.9 Å². The summed E-state index contributed by atoms with van der Waals surface area (Å²) in [6, 6.07) is 4.14. The first kappa shape index (κ1) is 14.2. The second-order valence-electron chi connectivity index (χ2n) is 6.01. The summed E-state index contributed by atoms with van der Waals surface area (Å²) in [5, 5.41) is 3.26. The topological polar surface area (TPSA) is 39.7 Å². The van der Waals surface area contributed by atoms with Gasteiger partial charge in [-0.3, -0.25) is 0 Å².